The summed E-state index contributed by atoms with van der Waals surface area (Å²) in [6.07, 6.45) is 6.30. The van der Waals surface area contributed by atoms with Crippen LogP contribution in [0, 0.1) is 0 Å². The molecule has 0 saturated heterocycles. The maximum atomic E-state index is 10.3. The van der Waals surface area contributed by atoms with Gasteiger partial charge in [-0.05, 0) is 18.6 Å². The minimum atomic E-state index is 0.0271. The minimum absolute atomic E-state index is 0.0271. The summed E-state index contributed by atoms with van der Waals surface area (Å²) >= 11 is 0. The summed E-state index contributed by atoms with van der Waals surface area (Å²) in [6.45, 7) is 1.94. The van der Waals surface area contributed by atoms with E-state index in [1.807, 2.05) is 35.9 Å². The topological polar surface area (TPSA) is 46.4 Å². The molecule has 0 aliphatic carbocycles. The Labute approximate surface area is 81.6 Å². The number of hydrogen-bond donors (Lipinski definition) is 1. The summed E-state index contributed by atoms with van der Waals surface area (Å²) in [5, 5.41) is 2.70. The van der Waals surface area contributed by atoms with Gasteiger partial charge in [-0.3, -0.25) is 4.79 Å². The summed E-state index contributed by atoms with van der Waals surface area (Å²) < 4.78 is 1.93. The smallest absolute Gasteiger partial charge is 0.207 e. The van der Waals surface area contributed by atoms with Crippen LogP contribution in [0.15, 0.2) is 30.7 Å². The van der Waals surface area contributed by atoms with Gasteiger partial charge in [-0.25, -0.2) is 4.98 Å². The van der Waals surface area contributed by atoms with Gasteiger partial charge in [0.15, 0.2) is 0 Å². The Morgan fingerprint density at radius 2 is 2.43 bits per heavy atom. The molecule has 0 radical (unpaired) electrons. The van der Waals surface area contributed by atoms with E-state index in [4.69, 9.17) is 0 Å². The number of aromatic nitrogens is 2. The van der Waals surface area contributed by atoms with E-state index >= 15 is 0 Å². The van der Waals surface area contributed by atoms with E-state index in [1.165, 1.54) is 0 Å². The molecule has 0 aromatic carbocycles. The highest BCUT2D eigenvalue weighted by Crippen LogP contribution is 2.12. The molecule has 0 saturated carbocycles. The first-order valence-corrected chi connectivity index (χ1v) is 4.43. The van der Waals surface area contributed by atoms with E-state index in [9.17, 15) is 4.79 Å². The molecule has 0 bridgehead atoms. The van der Waals surface area contributed by atoms with Crippen LogP contribution in [0.1, 0.15) is 18.5 Å². The first-order valence-electron chi connectivity index (χ1n) is 4.43. The molecule has 0 spiro atoms. The Morgan fingerprint density at radius 1 is 1.57 bits per heavy atom. The van der Waals surface area contributed by atoms with Crippen molar-refractivity contribution in [1.82, 2.24) is 14.7 Å². The lowest BCUT2D eigenvalue weighted by Crippen LogP contribution is -2.16. The molecule has 4 heteroatoms. The second-order valence-electron chi connectivity index (χ2n) is 3.16. The van der Waals surface area contributed by atoms with Gasteiger partial charge in [-0.15, -0.1) is 0 Å². The second-order valence-corrected chi connectivity index (χ2v) is 3.16. The van der Waals surface area contributed by atoms with Crippen LogP contribution in [0.25, 0.3) is 5.65 Å². The maximum Gasteiger partial charge on any atom is 0.207 e. The molecule has 0 aliphatic heterocycles. The highest BCUT2D eigenvalue weighted by atomic mass is 16.1. The largest absolute Gasteiger partial charge is 0.352 e. The van der Waals surface area contributed by atoms with E-state index in [0.29, 0.717) is 6.41 Å². The third kappa shape index (κ3) is 1.46. The highest BCUT2D eigenvalue weighted by Gasteiger charge is 2.04. The summed E-state index contributed by atoms with van der Waals surface area (Å²) in [4.78, 5) is 14.4. The fourth-order valence-electron chi connectivity index (χ4n) is 1.39. The fraction of sp³-hybridized carbons (Fsp3) is 0.200. The van der Waals surface area contributed by atoms with Gasteiger partial charge < -0.3 is 9.72 Å². The minimum Gasteiger partial charge on any atom is -0.352 e. The van der Waals surface area contributed by atoms with Crippen LogP contribution in [-0.4, -0.2) is 15.8 Å². The Kier molecular flexibility index (Phi) is 2.18. The number of carbonyl (C=O) groups is 1. The van der Waals surface area contributed by atoms with Crippen molar-refractivity contribution in [3.8, 4) is 0 Å². The Morgan fingerprint density at radius 3 is 3.21 bits per heavy atom. The van der Waals surface area contributed by atoms with Crippen LogP contribution in [0.5, 0.6) is 0 Å². The molecular weight excluding hydrogens is 178 g/mol. The van der Waals surface area contributed by atoms with E-state index in [-0.39, 0.29) is 6.04 Å². The molecule has 2 aromatic heterocycles. The number of carbonyl (C=O) groups excluding carboxylic acids is 1. The quantitative estimate of drug-likeness (QED) is 0.736. The van der Waals surface area contributed by atoms with Crippen molar-refractivity contribution >= 4 is 12.1 Å². The standard InChI is InChI=1S/C10H11N3O/c1-8(12-7-14)9-2-3-10-11-4-5-13(10)6-9/h2-8H,1H3,(H,12,14)/t8-/m0/s1. The van der Waals surface area contributed by atoms with Gasteiger partial charge in [0.1, 0.15) is 5.65 Å². The second kappa shape index (κ2) is 3.49. The van der Waals surface area contributed by atoms with Crippen molar-refractivity contribution in [2.75, 3.05) is 0 Å². The van der Waals surface area contributed by atoms with E-state index in [0.717, 1.165) is 11.2 Å². The maximum absolute atomic E-state index is 10.3. The third-order valence-electron chi connectivity index (χ3n) is 2.23. The van der Waals surface area contributed by atoms with Crippen LogP contribution < -0.4 is 5.32 Å². The van der Waals surface area contributed by atoms with Crippen molar-refractivity contribution < 1.29 is 4.79 Å². The monoisotopic (exact) mass is 189 g/mol. The zero-order chi connectivity index (χ0) is 9.97. The summed E-state index contributed by atoms with van der Waals surface area (Å²) in [6, 6.07) is 3.92. The van der Waals surface area contributed by atoms with Crippen molar-refractivity contribution in [3.05, 3.63) is 36.3 Å². The lowest BCUT2D eigenvalue weighted by molar-refractivity contribution is -0.110. The van der Waals surface area contributed by atoms with E-state index in [2.05, 4.69) is 10.3 Å². The Hall–Kier alpha value is -1.84. The predicted molar refractivity (Wildman–Crippen MR) is 52.8 cm³/mol. The number of nitrogens with zero attached hydrogens (tertiary/aromatic N) is 2. The number of amides is 1. The average molecular weight is 189 g/mol. The molecule has 0 fully saturated rings. The van der Waals surface area contributed by atoms with Crippen LogP contribution in [0.3, 0.4) is 0 Å². The molecule has 0 aliphatic rings. The third-order valence-corrected chi connectivity index (χ3v) is 2.23. The van der Waals surface area contributed by atoms with Gasteiger partial charge in [0.25, 0.3) is 0 Å². The van der Waals surface area contributed by atoms with Crippen molar-refractivity contribution in [3.63, 3.8) is 0 Å². The van der Waals surface area contributed by atoms with Gasteiger partial charge in [-0.1, -0.05) is 6.07 Å². The summed E-state index contributed by atoms with van der Waals surface area (Å²) in [5.74, 6) is 0. The SMILES string of the molecule is C[C@H](NC=O)c1ccc2nccn2c1. The van der Waals surface area contributed by atoms with Gasteiger partial charge >= 0.3 is 0 Å². The van der Waals surface area contributed by atoms with E-state index in [1.54, 1.807) is 6.20 Å². The number of nitrogens with one attached hydrogen (secondary N) is 1. The molecule has 2 heterocycles. The molecule has 4 nitrogen and oxygen atoms in total. The fourth-order valence-corrected chi connectivity index (χ4v) is 1.39. The highest BCUT2D eigenvalue weighted by molar-refractivity contribution is 5.48. The van der Waals surface area contributed by atoms with Crippen molar-refractivity contribution in [1.29, 1.82) is 0 Å². The van der Waals surface area contributed by atoms with Gasteiger partial charge in [0.05, 0.1) is 6.04 Å². The van der Waals surface area contributed by atoms with Gasteiger partial charge in [0, 0.05) is 18.6 Å². The number of pyridine rings is 1. The van der Waals surface area contributed by atoms with E-state index < -0.39 is 0 Å². The first-order chi connectivity index (χ1) is 6.81. The molecule has 0 unspecified atom stereocenters. The van der Waals surface area contributed by atoms with Crippen LogP contribution in [0.2, 0.25) is 0 Å². The molecule has 1 atom stereocenters. The molecular formula is C10H11N3O. The number of fused-ring (bicyclic) bond motifs is 1. The molecule has 1 N–H and O–H groups in total. The lowest BCUT2D eigenvalue weighted by Gasteiger charge is -2.10. The molecule has 1 amide bonds. The van der Waals surface area contributed by atoms with Gasteiger partial charge in [-0.2, -0.15) is 0 Å². The molecule has 14 heavy (non-hydrogen) atoms. The first kappa shape index (κ1) is 8.74. The zero-order valence-electron chi connectivity index (χ0n) is 7.84. The number of hydrogen-bond acceptors (Lipinski definition) is 2. The van der Waals surface area contributed by atoms with Crippen LogP contribution in [0.4, 0.5) is 0 Å². The molecule has 2 aromatic rings. The molecule has 2 rings (SSSR count). The number of rotatable bonds is 3. The van der Waals surface area contributed by atoms with Crippen molar-refractivity contribution in [2.24, 2.45) is 0 Å². The average Bonchev–Trinajstić information content (AvgIpc) is 2.64. The number of imidazole rings is 1. The molecule has 72 valence electrons. The van der Waals surface area contributed by atoms with Crippen molar-refractivity contribution in [2.45, 2.75) is 13.0 Å². The normalized spacial score (nSPS) is 12.6. The Balaban J connectivity index is 2.38. The predicted octanol–water partition coefficient (Wildman–Crippen LogP) is 1.14. The van der Waals surface area contributed by atoms with Crippen LogP contribution in [-0.2, 0) is 4.79 Å². The van der Waals surface area contributed by atoms with Crippen LogP contribution >= 0.6 is 0 Å². The Bertz CT molecular complexity index is 449. The lowest BCUT2D eigenvalue weighted by atomic mass is 10.1. The summed E-state index contributed by atoms with van der Waals surface area (Å²) in [5.41, 5.74) is 1.97. The summed E-state index contributed by atoms with van der Waals surface area (Å²) in [7, 11) is 0. The zero-order valence-corrected chi connectivity index (χ0v) is 7.84. The van der Waals surface area contributed by atoms with Gasteiger partial charge in [0.2, 0.25) is 6.41 Å².